The second kappa shape index (κ2) is 11.3. The summed E-state index contributed by atoms with van der Waals surface area (Å²) < 4.78 is 5.72. The average Bonchev–Trinajstić information content (AvgIpc) is 2.75. The fraction of sp³-hybridized carbons (Fsp3) is 0.348. The van der Waals surface area contributed by atoms with Gasteiger partial charge < -0.3 is 15.0 Å². The van der Waals surface area contributed by atoms with Crippen LogP contribution in [-0.4, -0.2) is 41.0 Å². The Balaban J connectivity index is 1.98. The van der Waals surface area contributed by atoms with Crippen LogP contribution in [0.5, 0.6) is 5.75 Å². The van der Waals surface area contributed by atoms with Gasteiger partial charge in [-0.05, 0) is 81.9 Å². The molecule has 1 unspecified atom stereocenters. The molecule has 2 rings (SSSR count). The van der Waals surface area contributed by atoms with Gasteiger partial charge in [0.25, 0.3) is 11.8 Å². The number of carbonyl (C=O) groups is 2. The Morgan fingerprint density at radius 3 is 2.30 bits per heavy atom. The lowest BCUT2D eigenvalue weighted by Crippen LogP contribution is -2.34. The number of rotatable bonds is 8. The van der Waals surface area contributed by atoms with Crippen LogP contribution in [0.2, 0.25) is 0 Å². The summed E-state index contributed by atoms with van der Waals surface area (Å²) in [6.45, 7) is 9.21. The number of benzene rings is 2. The molecule has 0 radical (unpaired) electrons. The van der Waals surface area contributed by atoms with Gasteiger partial charge in [-0.15, -0.1) is 0 Å². The molecule has 0 aromatic heterocycles. The summed E-state index contributed by atoms with van der Waals surface area (Å²) in [5.74, 6) is 0.354. The van der Waals surface area contributed by atoms with E-state index in [1.165, 1.54) is 0 Å². The van der Waals surface area contributed by atoms with Gasteiger partial charge in [0.05, 0.1) is 6.10 Å². The first-order valence-electron chi connectivity index (χ1n) is 10.2. The highest BCUT2D eigenvalue weighted by Crippen LogP contribution is 2.16. The molecule has 0 saturated carbocycles. The van der Waals surface area contributed by atoms with Crippen LogP contribution in [0.4, 0.5) is 5.69 Å². The van der Waals surface area contributed by atoms with Crippen LogP contribution in [0.15, 0.2) is 48.5 Å². The number of hydrogen-bond donors (Lipinski definition) is 2. The molecule has 160 valence electrons. The van der Waals surface area contributed by atoms with Gasteiger partial charge in [0.15, 0.2) is 5.11 Å². The highest BCUT2D eigenvalue weighted by Gasteiger charge is 2.13. The Labute approximate surface area is 183 Å². The minimum absolute atomic E-state index is 0.0432. The van der Waals surface area contributed by atoms with Crippen molar-refractivity contribution in [1.29, 1.82) is 0 Å². The van der Waals surface area contributed by atoms with E-state index < -0.39 is 0 Å². The number of carbonyl (C=O) groups excluding carboxylic acids is 2. The third-order valence-corrected chi connectivity index (χ3v) is 4.88. The SMILES string of the molecule is CCC(C)Oc1ccc(C(=O)NC(=S)Nc2cccc(C(=O)N(CC)CC)c2)cc1. The Morgan fingerprint density at radius 2 is 1.70 bits per heavy atom. The number of hydrogen-bond acceptors (Lipinski definition) is 4. The molecular weight excluding hydrogens is 398 g/mol. The van der Waals surface area contributed by atoms with Crippen molar-refractivity contribution in [3.8, 4) is 5.75 Å². The Hall–Kier alpha value is -2.93. The lowest BCUT2D eigenvalue weighted by Gasteiger charge is -2.19. The summed E-state index contributed by atoms with van der Waals surface area (Å²) >= 11 is 5.25. The molecule has 0 saturated heterocycles. The summed E-state index contributed by atoms with van der Waals surface area (Å²) in [7, 11) is 0. The molecule has 2 aromatic carbocycles. The van der Waals surface area contributed by atoms with E-state index in [0.717, 1.165) is 12.2 Å². The standard InChI is InChI=1S/C23H29N3O3S/c1-5-16(4)29-20-13-11-17(12-14-20)21(27)25-23(30)24-19-10-8-9-18(15-19)22(28)26(6-2)7-3/h8-16H,5-7H2,1-4H3,(H2,24,25,27,30). The van der Waals surface area contributed by atoms with Gasteiger partial charge in [-0.1, -0.05) is 13.0 Å². The molecule has 30 heavy (non-hydrogen) atoms. The van der Waals surface area contributed by atoms with Crippen LogP contribution in [0.3, 0.4) is 0 Å². The highest BCUT2D eigenvalue weighted by atomic mass is 32.1. The zero-order chi connectivity index (χ0) is 22.1. The fourth-order valence-corrected chi connectivity index (χ4v) is 2.97. The molecule has 2 aromatic rings. The quantitative estimate of drug-likeness (QED) is 0.608. The fourth-order valence-electron chi connectivity index (χ4n) is 2.76. The molecule has 0 aliphatic rings. The summed E-state index contributed by atoms with van der Waals surface area (Å²) in [6.07, 6.45) is 1.02. The first kappa shape index (κ1) is 23.3. The molecule has 0 bridgehead atoms. The first-order chi connectivity index (χ1) is 14.4. The molecule has 1 atom stereocenters. The molecule has 2 amide bonds. The maximum absolute atomic E-state index is 12.5. The number of nitrogens with one attached hydrogen (secondary N) is 2. The summed E-state index contributed by atoms with van der Waals surface area (Å²) in [5.41, 5.74) is 1.67. The van der Waals surface area contributed by atoms with Crippen LogP contribution in [0, 0.1) is 0 Å². The lowest BCUT2D eigenvalue weighted by molar-refractivity contribution is 0.0772. The maximum Gasteiger partial charge on any atom is 0.257 e. The van der Waals surface area contributed by atoms with E-state index in [0.29, 0.717) is 29.9 Å². The number of anilines is 1. The van der Waals surface area contributed by atoms with Crippen LogP contribution >= 0.6 is 12.2 Å². The molecular formula is C23H29N3O3S. The third kappa shape index (κ3) is 6.56. The minimum atomic E-state index is -0.321. The van der Waals surface area contributed by atoms with E-state index in [4.69, 9.17) is 17.0 Å². The number of thiocarbonyl (C=S) groups is 1. The monoisotopic (exact) mass is 427 g/mol. The maximum atomic E-state index is 12.5. The summed E-state index contributed by atoms with van der Waals surface area (Å²) in [4.78, 5) is 26.7. The number of ether oxygens (including phenoxy) is 1. The normalized spacial score (nSPS) is 11.3. The third-order valence-electron chi connectivity index (χ3n) is 4.67. The molecule has 0 spiro atoms. The van der Waals surface area contributed by atoms with Crippen molar-refractivity contribution < 1.29 is 14.3 Å². The zero-order valence-electron chi connectivity index (χ0n) is 17.9. The van der Waals surface area contributed by atoms with Gasteiger partial charge in [-0.3, -0.25) is 14.9 Å². The van der Waals surface area contributed by atoms with Crippen molar-refractivity contribution in [2.75, 3.05) is 18.4 Å². The second-order valence-corrected chi connectivity index (χ2v) is 7.24. The predicted molar refractivity (Wildman–Crippen MR) is 124 cm³/mol. The molecule has 0 heterocycles. The van der Waals surface area contributed by atoms with Gasteiger partial charge in [0.2, 0.25) is 0 Å². The smallest absolute Gasteiger partial charge is 0.257 e. The van der Waals surface area contributed by atoms with E-state index in [9.17, 15) is 9.59 Å². The summed E-state index contributed by atoms with van der Waals surface area (Å²) in [6, 6.07) is 14.0. The molecule has 0 fully saturated rings. The van der Waals surface area contributed by atoms with E-state index >= 15 is 0 Å². The lowest BCUT2D eigenvalue weighted by atomic mass is 10.1. The number of amides is 2. The molecule has 2 N–H and O–H groups in total. The Kier molecular flexibility index (Phi) is 8.80. The Morgan fingerprint density at radius 1 is 1.03 bits per heavy atom. The van der Waals surface area contributed by atoms with E-state index in [-0.39, 0.29) is 23.0 Å². The van der Waals surface area contributed by atoms with Gasteiger partial charge in [-0.25, -0.2) is 0 Å². The van der Waals surface area contributed by atoms with Gasteiger partial charge >= 0.3 is 0 Å². The predicted octanol–water partition coefficient (Wildman–Crippen LogP) is 4.47. The van der Waals surface area contributed by atoms with Gasteiger partial charge in [0.1, 0.15) is 5.75 Å². The average molecular weight is 428 g/mol. The largest absolute Gasteiger partial charge is 0.491 e. The zero-order valence-corrected chi connectivity index (χ0v) is 18.7. The van der Waals surface area contributed by atoms with Crippen LogP contribution < -0.4 is 15.4 Å². The van der Waals surface area contributed by atoms with E-state index in [1.54, 1.807) is 53.4 Å². The minimum Gasteiger partial charge on any atom is -0.491 e. The molecule has 0 aliphatic carbocycles. The van der Waals surface area contributed by atoms with Crippen molar-refractivity contribution >= 4 is 34.8 Å². The number of nitrogens with zero attached hydrogens (tertiary/aromatic N) is 1. The van der Waals surface area contributed by atoms with Crippen molar-refractivity contribution in [3.63, 3.8) is 0 Å². The molecule has 6 nitrogen and oxygen atoms in total. The molecule has 7 heteroatoms. The van der Waals surface area contributed by atoms with Gasteiger partial charge in [-0.2, -0.15) is 0 Å². The van der Waals surface area contributed by atoms with Crippen LogP contribution in [-0.2, 0) is 0 Å². The van der Waals surface area contributed by atoms with Crippen LogP contribution in [0.1, 0.15) is 54.8 Å². The Bertz CT molecular complexity index is 880. The van der Waals surface area contributed by atoms with Crippen molar-refractivity contribution in [2.45, 2.75) is 40.2 Å². The van der Waals surface area contributed by atoms with Crippen LogP contribution in [0.25, 0.3) is 0 Å². The second-order valence-electron chi connectivity index (χ2n) is 6.83. The highest BCUT2D eigenvalue weighted by molar-refractivity contribution is 7.80. The van der Waals surface area contributed by atoms with Crippen molar-refractivity contribution in [3.05, 3.63) is 59.7 Å². The van der Waals surface area contributed by atoms with Gasteiger partial charge in [0, 0.05) is 29.9 Å². The van der Waals surface area contributed by atoms with E-state index in [2.05, 4.69) is 17.6 Å². The topological polar surface area (TPSA) is 70.7 Å². The van der Waals surface area contributed by atoms with Crippen molar-refractivity contribution in [1.82, 2.24) is 10.2 Å². The van der Waals surface area contributed by atoms with Crippen molar-refractivity contribution in [2.24, 2.45) is 0 Å². The summed E-state index contributed by atoms with van der Waals surface area (Å²) in [5, 5.41) is 5.78. The first-order valence-corrected chi connectivity index (χ1v) is 10.6. The molecule has 0 aliphatic heterocycles. The van der Waals surface area contributed by atoms with E-state index in [1.807, 2.05) is 20.8 Å².